The van der Waals surface area contributed by atoms with Gasteiger partial charge in [0.05, 0.1) is 6.10 Å². The van der Waals surface area contributed by atoms with Crippen molar-refractivity contribution in [3.05, 3.63) is 35.4 Å². The Morgan fingerprint density at radius 3 is 2.29 bits per heavy atom. The minimum Gasteiger partial charge on any atom is -0.382 e. The van der Waals surface area contributed by atoms with E-state index < -0.39 is 11.6 Å². The molecule has 0 aliphatic heterocycles. The van der Waals surface area contributed by atoms with Crippen molar-refractivity contribution >= 4 is 0 Å². The molecule has 2 unspecified atom stereocenters. The van der Waals surface area contributed by atoms with E-state index in [9.17, 15) is 8.78 Å². The van der Waals surface area contributed by atoms with Gasteiger partial charge in [-0.1, -0.05) is 0 Å². The number of hydrogen-bond acceptors (Lipinski definition) is 2. The zero-order valence-corrected chi connectivity index (χ0v) is 10.2. The standard InChI is InChI=1S/C13H19F2NO/c1-9(17-2)3-4-13(16)7-10-5-11(14)8-12(15)6-10/h5-6,8-9,13H,3-4,7,16H2,1-2H3. The molecule has 0 heterocycles. The van der Waals surface area contributed by atoms with Gasteiger partial charge >= 0.3 is 0 Å². The Balaban J connectivity index is 2.47. The van der Waals surface area contributed by atoms with Crippen LogP contribution in [0.25, 0.3) is 0 Å². The maximum Gasteiger partial charge on any atom is 0.126 e. The third-order valence-electron chi connectivity index (χ3n) is 2.77. The summed E-state index contributed by atoms with van der Waals surface area (Å²) in [5.74, 6) is -1.12. The maximum absolute atomic E-state index is 12.9. The lowest BCUT2D eigenvalue weighted by molar-refractivity contribution is 0.107. The first-order valence-corrected chi connectivity index (χ1v) is 5.74. The summed E-state index contributed by atoms with van der Waals surface area (Å²) in [6.07, 6.45) is 2.25. The Hall–Kier alpha value is -1.00. The molecule has 0 amide bonds. The molecule has 0 saturated carbocycles. The fraction of sp³-hybridized carbons (Fsp3) is 0.538. The Kier molecular flexibility index (Phi) is 5.51. The van der Waals surface area contributed by atoms with Crippen LogP contribution >= 0.6 is 0 Å². The monoisotopic (exact) mass is 243 g/mol. The fourth-order valence-electron chi connectivity index (χ4n) is 1.70. The lowest BCUT2D eigenvalue weighted by Gasteiger charge is -2.14. The van der Waals surface area contributed by atoms with Crippen LogP contribution in [0.15, 0.2) is 18.2 Å². The highest BCUT2D eigenvalue weighted by Crippen LogP contribution is 2.12. The van der Waals surface area contributed by atoms with Gasteiger partial charge in [-0.3, -0.25) is 0 Å². The molecule has 0 aromatic heterocycles. The molecule has 2 nitrogen and oxygen atoms in total. The van der Waals surface area contributed by atoms with Gasteiger partial charge < -0.3 is 10.5 Å². The number of halogens is 2. The Morgan fingerprint density at radius 1 is 1.18 bits per heavy atom. The SMILES string of the molecule is COC(C)CCC(N)Cc1cc(F)cc(F)c1. The molecule has 0 radical (unpaired) electrons. The summed E-state index contributed by atoms with van der Waals surface area (Å²) in [5.41, 5.74) is 6.51. The van der Waals surface area contributed by atoms with Gasteiger partial charge in [-0.25, -0.2) is 8.78 Å². The summed E-state index contributed by atoms with van der Waals surface area (Å²) >= 11 is 0. The molecule has 0 fully saturated rings. The normalized spacial score (nSPS) is 14.6. The van der Waals surface area contributed by atoms with Crippen LogP contribution in [0.1, 0.15) is 25.3 Å². The molecule has 0 aliphatic carbocycles. The number of rotatable bonds is 6. The van der Waals surface area contributed by atoms with Crippen molar-refractivity contribution in [2.24, 2.45) is 5.73 Å². The molecule has 4 heteroatoms. The average Bonchev–Trinajstić information content (AvgIpc) is 2.24. The van der Waals surface area contributed by atoms with E-state index in [1.807, 2.05) is 6.92 Å². The van der Waals surface area contributed by atoms with Crippen molar-refractivity contribution in [1.82, 2.24) is 0 Å². The molecule has 2 atom stereocenters. The zero-order chi connectivity index (χ0) is 12.8. The van der Waals surface area contributed by atoms with Gasteiger partial charge in [0.15, 0.2) is 0 Å². The van der Waals surface area contributed by atoms with Crippen molar-refractivity contribution in [3.8, 4) is 0 Å². The molecule has 96 valence electrons. The van der Waals surface area contributed by atoms with Gasteiger partial charge in [-0.05, 0) is 43.9 Å². The Bertz CT molecular complexity index is 337. The van der Waals surface area contributed by atoms with Crippen LogP contribution in [-0.2, 0) is 11.2 Å². The van der Waals surface area contributed by atoms with E-state index in [0.717, 1.165) is 18.9 Å². The average molecular weight is 243 g/mol. The lowest BCUT2D eigenvalue weighted by atomic mass is 10.0. The Labute approximate surface area is 101 Å². The van der Waals surface area contributed by atoms with Crippen molar-refractivity contribution < 1.29 is 13.5 Å². The van der Waals surface area contributed by atoms with Crippen LogP contribution < -0.4 is 5.73 Å². The second-order valence-corrected chi connectivity index (χ2v) is 4.37. The Morgan fingerprint density at radius 2 is 1.76 bits per heavy atom. The molecule has 0 saturated heterocycles. The highest BCUT2D eigenvalue weighted by molar-refractivity contribution is 5.18. The summed E-state index contributed by atoms with van der Waals surface area (Å²) in [6.45, 7) is 1.97. The van der Waals surface area contributed by atoms with Gasteiger partial charge in [-0.15, -0.1) is 0 Å². The van der Waals surface area contributed by atoms with Crippen molar-refractivity contribution in [3.63, 3.8) is 0 Å². The summed E-state index contributed by atoms with van der Waals surface area (Å²) in [7, 11) is 1.65. The second-order valence-electron chi connectivity index (χ2n) is 4.37. The molecule has 0 spiro atoms. The molecule has 0 aliphatic rings. The van der Waals surface area contributed by atoms with E-state index in [-0.39, 0.29) is 12.1 Å². The van der Waals surface area contributed by atoms with E-state index in [4.69, 9.17) is 10.5 Å². The molecule has 0 bridgehead atoms. The zero-order valence-electron chi connectivity index (χ0n) is 10.2. The number of hydrogen-bond donors (Lipinski definition) is 1. The summed E-state index contributed by atoms with van der Waals surface area (Å²) < 4.78 is 31.0. The summed E-state index contributed by atoms with van der Waals surface area (Å²) in [5, 5.41) is 0. The summed E-state index contributed by atoms with van der Waals surface area (Å²) in [6, 6.07) is 3.40. The third kappa shape index (κ3) is 5.24. The van der Waals surface area contributed by atoms with Gasteiger partial charge in [0, 0.05) is 19.2 Å². The molecule has 1 aromatic carbocycles. The predicted molar refractivity (Wildman–Crippen MR) is 63.7 cm³/mol. The van der Waals surface area contributed by atoms with Crippen LogP contribution in [0.4, 0.5) is 8.78 Å². The van der Waals surface area contributed by atoms with Gasteiger partial charge in [-0.2, -0.15) is 0 Å². The first-order chi connectivity index (χ1) is 8.01. The van der Waals surface area contributed by atoms with Gasteiger partial charge in [0.25, 0.3) is 0 Å². The van der Waals surface area contributed by atoms with E-state index in [2.05, 4.69) is 0 Å². The molecular formula is C13H19F2NO. The topological polar surface area (TPSA) is 35.2 Å². The third-order valence-corrected chi connectivity index (χ3v) is 2.77. The maximum atomic E-state index is 12.9. The minimum absolute atomic E-state index is 0.103. The van der Waals surface area contributed by atoms with Crippen molar-refractivity contribution in [2.45, 2.75) is 38.3 Å². The largest absolute Gasteiger partial charge is 0.382 e. The van der Waals surface area contributed by atoms with Crippen molar-refractivity contribution in [1.29, 1.82) is 0 Å². The van der Waals surface area contributed by atoms with E-state index in [1.165, 1.54) is 12.1 Å². The van der Waals surface area contributed by atoms with E-state index in [0.29, 0.717) is 12.0 Å². The van der Waals surface area contributed by atoms with Crippen LogP contribution in [0.5, 0.6) is 0 Å². The highest BCUT2D eigenvalue weighted by atomic mass is 19.1. The van der Waals surface area contributed by atoms with Crippen LogP contribution in [0.2, 0.25) is 0 Å². The van der Waals surface area contributed by atoms with Crippen LogP contribution in [0, 0.1) is 11.6 Å². The molecular weight excluding hydrogens is 224 g/mol. The molecule has 1 rings (SSSR count). The number of benzene rings is 1. The number of nitrogens with two attached hydrogens (primary N) is 1. The van der Waals surface area contributed by atoms with E-state index in [1.54, 1.807) is 7.11 Å². The van der Waals surface area contributed by atoms with E-state index >= 15 is 0 Å². The predicted octanol–water partition coefficient (Wildman–Crippen LogP) is 2.65. The first-order valence-electron chi connectivity index (χ1n) is 5.74. The van der Waals surface area contributed by atoms with Crippen LogP contribution in [-0.4, -0.2) is 19.3 Å². The molecule has 17 heavy (non-hydrogen) atoms. The summed E-state index contributed by atoms with van der Waals surface area (Å²) in [4.78, 5) is 0. The highest BCUT2D eigenvalue weighted by Gasteiger charge is 2.09. The smallest absolute Gasteiger partial charge is 0.126 e. The van der Waals surface area contributed by atoms with Gasteiger partial charge in [0.1, 0.15) is 11.6 Å². The molecule has 2 N–H and O–H groups in total. The second kappa shape index (κ2) is 6.67. The van der Waals surface area contributed by atoms with Gasteiger partial charge in [0.2, 0.25) is 0 Å². The number of ether oxygens (including phenoxy) is 1. The van der Waals surface area contributed by atoms with Crippen molar-refractivity contribution in [2.75, 3.05) is 7.11 Å². The fourth-order valence-corrected chi connectivity index (χ4v) is 1.70. The quantitative estimate of drug-likeness (QED) is 0.833. The lowest BCUT2D eigenvalue weighted by Crippen LogP contribution is -2.24. The molecule has 1 aromatic rings. The number of methoxy groups -OCH3 is 1. The first kappa shape index (κ1) is 14.1. The minimum atomic E-state index is -0.558. The van der Waals surface area contributed by atoms with Crippen LogP contribution in [0.3, 0.4) is 0 Å².